The Hall–Kier alpha value is -6.54. The maximum atomic E-state index is 15.7. The number of esters is 1. The van der Waals surface area contributed by atoms with Crippen LogP contribution >= 0.6 is 11.8 Å². The van der Waals surface area contributed by atoms with Crippen molar-refractivity contribution in [3.05, 3.63) is 89.7 Å². The molecule has 7 heterocycles. The van der Waals surface area contributed by atoms with Crippen molar-refractivity contribution >= 4 is 64.6 Å². The van der Waals surface area contributed by atoms with Gasteiger partial charge in [-0.1, -0.05) is 49.4 Å². The number of carbonyl (C=O) groups is 8. The van der Waals surface area contributed by atoms with E-state index in [9.17, 15) is 29.1 Å². The number of benzene rings is 2. The van der Waals surface area contributed by atoms with Crippen LogP contribution in [0.15, 0.2) is 72.9 Å². The highest BCUT2D eigenvalue weighted by Crippen LogP contribution is 2.33. The summed E-state index contributed by atoms with van der Waals surface area (Å²) in [7, 11) is 5.33. The van der Waals surface area contributed by atoms with Gasteiger partial charge >= 0.3 is 5.97 Å². The average Bonchev–Trinajstić information content (AvgIpc) is 3.89. The number of ether oxygens (including phenoxy) is 1. The normalized spacial score (nSPS) is 29.5. The highest BCUT2D eigenvalue weighted by Gasteiger charge is 2.48. The molecule has 6 fully saturated rings. The number of Topliss-reactive ketones (excluding diaryl/α,β-unsaturated/α-hetero) is 1. The summed E-state index contributed by atoms with van der Waals surface area (Å²) in [6, 6.07) is 10.3. The van der Waals surface area contributed by atoms with Crippen molar-refractivity contribution in [2.24, 2.45) is 11.8 Å². The van der Waals surface area contributed by atoms with Gasteiger partial charge in [0.15, 0.2) is 11.7 Å². The number of piperidine rings is 4. The quantitative estimate of drug-likeness (QED) is 0.178. The Labute approximate surface area is 430 Å². The van der Waals surface area contributed by atoms with Crippen LogP contribution < -0.4 is 25.8 Å². The van der Waals surface area contributed by atoms with E-state index >= 15 is 14.4 Å². The van der Waals surface area contributed by atoms with Crippen molar-refractivity contribution in [1.29, 1.82) is 0 Å². The minimum Gasteiger partial charge on any atom is -0.505 e. The predicted molar refractivity (Wildman–Crippen MR) is 271 cm³/mol. The Kier molecular flexibility index (Phi) is 16.7. The first-order valence-electron chi connectivity index (χ1n) is 25.5. The van der Waals surface area contributed by atoms with Gasteiger partial charge in [-0.25, -0.2) is 9.78 Å². The lowest BCUT2D eigenvalue weighted by Crippen LogP contribution is -3.16. The van der Waals surface area contributed by atoms with Gasteiger partial charge < -0.3 is 50.3 Å². The fourth-order valence-corrected chi connectivity index (χ4v) is 12.6. The first-order chi connectivity index (χ1) is 35.0. The number of hydrogen-bond donors (Lipinski definition) is 5. The van der Waals surface area contributed by atoms with Gasteiger partial charge in [0.25, 0.3) is 5.91 Å². The van der Waals surface area contributed by atoms with Crippen LogP contribution in [0.4, 0.5) is 5.69 Å². The van der Waals surface area contributed by atoms with Gasteiger partial charge in [0.05, 0.1) is 24.9 Å². The molecule has 6 amide bonds. The van der Waals surface area contributed by atoms with E-state index in [1.807, 2.05) is 43.3 Å². The number of rotatable bonds is 10. The molecule has 20 heteroatoms. The molecule has 5 N–H and O–H groups in total. The first-order valence-corrected chi connectivity index (χ1v) is 26.5. The van der Waals surface area contributed by atoms with Crippen LogP contribution in [-0.2, 0) is 44.7 Å². The molecular formula is C53H68N9O10S+. The lowest BCUT2D eigenvalue weighted by molar-refractivity contribution is -0.915. The second-order valence-corrected chi connectivity index (χ2v) is 21.5. The minimum atomic E-state index is -1.69. The number of anilines is 1. The summed E-state index contributed by atoms with van der Waals surface area (Å²) in [5.41, 5.74) is 1.49. The number of hydrogen-bond acceptors (Lipinski definition) is 13. The number of aromatic nitrogens is 1. The summed E-state index contributed by atoms with van der Waals surface area (Å²) >= 11 is 1.75. The molecule has 0 unspecified atom stereocenters. The van der Waals surface area contributed by atoms with Crippen molar-refractivity contribution in [2.75, 3.05) is 64.5 Å². The SMILES string of the molecule is CC[C@H]1NC(=O)[C@@H](NC(=O)c2ncccc2O)[C@@H](C)OC(=O)[C@H](c2ccccc2)NC(=O)[C@@H]2CC(=O)[C@H](CS[C@@H]3C[NH+]4CCC3CC4)CN2C(=O)[C@H](Cc2ccc(N(C)C)cc2)N(C)C(=O)[C@@H]2CCCN2C1=O. The monoisotopic (exact) mass is 1020 g/mol. The van der Waals surface area contributed by atoms with Crippen LogP contribution in [0, 0.1) is 11.8 Å². The summed E-state index contributed by atoms with van der Waals surface area (Å²) in [5.74, 6) is -5.76. The van der Waals surface area contributed by atoms with Gasteiger partial charge in [-0.15, -0.1) is 0 Å². The number of pyridine rings is 1. The highest BCUT2D eigenvalue weighted by atomic mass is 32.2. The number of ketones is 1. The largest absolute Gasteiger partial charge is 0.505 e. The summed E-state index contributed by atoms with van der Waals surface area (Å²) in [6.45, 7) is 6.37. The van der Waals surface area contributed by atoms with Crippen LogP contribution in [-0.4, -0.2) is 173 Å². The summed E-state index contributed by atoms with van der Waals surface area (Å²) < 4.78 is 5.97. The zero-order chi connectivity index (χ0) is 52.1. The van der Waals surface area contributed by atoms with Gasteiger partial charge in [-0.2, -0.15) is 11.8 Å². The summed E-state index contributed by atoms with van der Waals surface area (Å²) in [4.78, 5) is 129. The van der Waals surface area contributed by atoms with Crippen LogP contribution in [0.25, 0.3) is 0 Å². The number of likely N-dealkylation sites (N-methyl/N-ethyl adjacent to an activating group) is 1. The number of aromatic hydroxyl groups is 1. The maximum absolute atomic E-state index is 15.7. The van der Waals surface area contributed by atoms with Crippen molar-refractivity contribution in [2.45, 2.75) is 106 Å². The second kappa shape index (κ2) is 23.1. The average molecular weight is 1020 g/mol. The van der Waals surface area contributed by atoms with Crippen LogP contribution in [0.3, 0.4) is 0 Å². The zero-order valence-corrected chi connectivity index (χ0v) is 43.0. The Bertz CT molecular complexity index is 2540. The number of cyclic esters (lactones) is 1. The van der Waals surface area contributed by atoms with Crippen molar-refractivity contribution in [1.82, 2.24) is 35.6 Å². The third-order valence-electron chi connectivity index (χ3n) is 15.3. The van der Waals surface area contributed by atoms with Crippen molar-refractivity contribution in [3.8, 4) is 5.75 Å². The third-order valence-corrected chi connectivity index (χ3v) is 16.9. The molecule has 2 aromatic carbocycles. The Morgan fingerprint density at radius 1 is 0.890 bits per heavy atom. The van der Waals surface area contributed by atoms with E-state index in [1.165, 1.54) is 47.0 Å². The molecule has 6 saturated heterocycles. The molecule has 0 saturated carbocycles. The smallest absolute Gasteiger partial charge is 0.333 e. The molecular weight excluding hydrogens is 955 g/mol. The van der Waals surface area contributed by atoms with Gasteiger partial charge in [0.1, 0.15) is 47.8 Å². The van der Waals surface area contributed by atoms with E-state index in [0.29, 0.717) is 23.3 Å². The number of fused-ring (bicyclic) bond motifs is 5. The molecule has 1 aromatic heterocycles. The number of nitrogens with one attached hydrogen (secondary N) is 4. The number of nitrogens with zero attached hydrogens (tertiary/aromatic N) is 5. The molecule has 0 radical (unpaired) electrons. The van der Waals surface area contributed by atoms with Crippen LogP contribution in [0.5, 0.6) is 5.75 Å². The molecule has 19 nitrogen and oxygen atoms in total. The molecule has 9 rings (SSSR count). The molecule has 0 spiro atoms. The Morgan fingerprint density at radius 2 is 1.62 bits per heavy atom. The standard InChI is InChI=1S/C53H67N9O10S/c1-6-37-50(68)61-23-11-14-38(61)51(69)59(5)40(26-32-16-18-36(19-17-32)58(3)4)52(70)62-28-35(30-73-43-29-60-24-20-33(43)21-25-60)42(64)27-39(62)47(65)57-45(34-12-8-7-9-13-34)53(71)72-31(2)44(48(66)55-37)56-49(67)46-41(63)15-10-22-54-46/h7-10,12-13,15-19,22,31,33,35,37-40,43-45,63H,6,11,14,20-21,23-30H2,1-5H3,(H,55,66)(H,56,67)(H,57,65)/p+1/t31-,35+,37-,38+,39+,40+,43-,44+,45+/m1/s1. The second-order valence-electron chi connectivity index (χ2n) is 20.2. The lowest BCUT2D eigenvalue weighted by Gasteiger charge is -2.43. The van der Waals surface area contributed by atoms with Gasteiger partial charge in [0.2, 0.25) is 29.5 Å². The number of amides is 6. The number of thioether (sulfide) groups is 1. The van der Waals surface area contributed by atoms with Crippen molar-refractivity contribution < 1.29 is 53.1 Å². The van der Waals surface area contributed by atoms with E-state index in [4.69, 9.17) is 4.74 Å². The fraction of sp³-hybridized carbons (Fsp3) is 0.528. The lowest BCUT2D eigenvalue weighted by atomic mass is 9.88. The summed E-state index contributed by atoms with van der Waals surface area (Å²) in [5, 5.41) is 18.9. The topological polar surface area (TPSA) is 232 Å². The predicted octanol–water partition coefficient (Wildman–Crippen LogP) is 0.906. The highest BCUT2D eigenvalue weighted by molar-refractivity contribution is 8.00. The summed E-state index contributed by atoms with van der Waals surface area (Å²) in [6.07, 6.45) is 2.49. The van der Waals surface area contributed by atoms with E-state index in [0.717, 1.165) is 43.7 Å². The van der Waals surface area contributed by atoms with Crippen LogP contribution in [0.2, 0.25) is 0 Å². The molecule has 2 bridgehead atoms. The molecule has 390 valence electrons. The van der Waals surface area contributed by atoms with Crippen LogP contribution in [0.1, 0.15) is 80.0 Å². The number of carbonyl (C=O) groups excluding carboxylic acids is 8. The van der Waals surface area contributed by atoms with E-state index in [2.05, 4.69) is 20.9 Å². The Morgan fingerprint density at radius 3 is 2.27 bits per heavy atom. The molecule has 3 aromatic rings. The number of quaternary nitrogens is 1. The van der Waals surface area contributed by atoms with Gasteiger partial charge in [0, 0.05) is 83.5 Å². The molecule has 0 aliphatic carbocycles. The maximum Gasteiger partial charge on any atom is 0.333 e. The first kappa shape index (κ1) is 52.8. The third kappa shape index (κ3) is 11.8. The van der Waals surface area contributed by atoms with Crippen molar-refractivity contribution in [3.63, 3.8) is 0 Å². The van der Waals surface area contributed by atoms with E-state index in [1.54, 1.807) is 53.9 Å². The molecule has 6 aliphatic heterocycles. The molecule has 9 atom stereocenters. The van der Waals surface area contributed by atoms with Gasteiger partial charge in [-0.3, -0.25) is 33.6 Å². The molecule has 6 aliphatic rings. The fourth-order valence-electron chi connectivity index (χ4n) is 10.9. The minimum absolute atomic E-state index is 0.0316. The zero-order valence-electron chi connectivity index (χ0n) is 42.2. The Balaban J connectivity index is 1.19. The molecule has 73 heavy (non-hydrogen) atoms. The van der Waals surface area contributed by atoms with E-state index in [-0.39, 0.29) is 50.1 Å². The van der Waals surface area contributed by atoms with Gasteiger partial charge in [-0.05, 0) is 67.5 Å². The van der Waals surface area contributed by atoms with E-state index < -0.39 is 101 Å².